The Bertz CT molecular complexity index is 830. The van der Waals surface area contributed by atoms with Gasteiger partial charge >= 0.3 is 0 Å². The van der Waals surface area contributed by atoms with Gasteiger partial charge in [-0.1, -0.05) is 0 Å². The molecule has 0 bridgehead atoms. The number of aromatic hydroxyl groups is 2. The molecule has 0 spiro atoms. The molecule has 3 aromatic carbocycles. The van der Waals surface area contributed by atoms with E-state index < -0.39 is 0 Å². The van der Waals surface area contributed by atoms with Crippen LogP contribution in [0.1, 0.15) is 0 Å². The van der Waals surface area contributed by atoms with Crippen LogP contribution in [0.5, 0.6) is 11.5 Å². The lowest BCUT2D eigenvalue weighted by Crippen LogP contribution is -2.10. The van der Waals surface area contributed by atoms with Gasteiger partial charge in [0.05, 0.1) is 11.4 Å². The zero-order valence-corrected chi connectivity index (χ0v) is 12.6. The van der Waals surface area contributed by atoms with E-state index in [1.807, 2.05) is 0 Å². The maximum absolute atomic E-state index is 13.3. The number of nitrogen functional groups attached to an aromatic ring is 2. The van der Waals surface area contributed by atoms with Crippen LogP contribution in [0, 0.1) is 5.82 Å². The zero-order valence-electron chi connectivity index (χ0n) is 12.6. The van der Waals surface area contributed by atoms with Gasteiger partial charge in [0.25, 0.3) is 0 Å². The summed E-state index contributed by atoms with van der Waals surface area (Å²) in [4.78, 5) is 1.73. The van der Waals surface area contributed by atoms with E-state index in [4.69, 9.17) is 11.5 Å². The molecule has 5 nitrogen and oxygen atoms in total. The van der Waals surface area contributed by atoms with Crippen LogP contribution in [0.3, 0.4) is 0 Å². The predicted molar refractivity (Wildman–Crippen MR) is 93.2 cm³/mol. The first-order chi connectivity index (χ1) is 11.5. The lowest BCUT2D eigenvalue weighted by molar-refractivity contribution is 0.478. The summed E-state index contributed by atoms with van der Waals surface area (Å²) in [6.07, 6.45) is 0. The number of benzene rings is 3. The van der Waals surface area contributed by atoms with Crippen LogP contribution < -0.4 is 16.4 Å². The highest BCUT2D eigenvalue weighted by Gasteiger charge is 2.15. The third-order valence-electron chi connectivity index (χ3n) is 3.63. The fourth-order valence-corrected chi connectivity index (χ4v) is 2.38. The smallest absolute Gasteiger partial charge is 0.140 e. The molecule has 0 aliphatic rings. The Hall–Kier alpha value is -3.41. The molecular weight excluding hydrogens is 309 g/mol. The highest BCUT2D eigenvalue weighted by Crippen LogP contribution is 2.39. The third kappa shape index (κ3) is 2.89. The molecule has 6 heteroatoms. The van der Waals surface area contributed by atoms with Crippen LogP contribution in [-0.2, 0) is 0 Å². The van der Waals surface area contributed by atoms with Gasteiger partial charge in [-0.25, -0.2) is 4.39 Å². The summed E-state index contributed by atoms with van der Waals surface area (Å²) < 4.78 is 13.3. The van der Waals surface area contributed by atoms with Gasteiger partial charge in [0.15, 0.2) is 0 Å². The molecule has 0 saturated heterocycles. The number of phenols is 2. The largest absolute Gasteiger partial charge is 0.506 e. The maximum Gasteiger partial charge on any atom is 0.140 e. The van der Waals surface area contributed by atoms with Gasteiger partial charge in [0.1, 0.15) is 17.3 Å². The Kier molecular flexibility index (Phi) is 3.87. The van der Waals surface area contributed by atoms with E-state index in [2.05, 4.69) is 0 Å². The van der Waals surface area contributed by atoms with E-state index in [0.29, 0.717) is 17.1 Å². The molecule has 0 aliphatic heterocycles. The summed E-state index contributed by atoms with van der Waals surface area (Å²) in [5.74, 6) is -0.502. The minimum atomic E-state index is -0.362. The van der Waals surface area contributed by atoms with Gasteiger partial charge in [-0.15, -0.1) is 0 Å². The third-order valence-corrected chi connectivity index (χ3v) is 3.63. The van der Waals surface area contributed by atoms with Crippen molar-refractivity contribution >= 4 is 28.4 Å². The Morgan fingerprint density at radius 3 is 1.50 bits per heavy atom. The molecule has 0 aromatic heterocycles. The molecule has 3 aromatic rings. The molecular formula is C18H16FN3O2. The summed E-state index contributed by atoms with van der Waals surface area (Å²) in [6.45, 7) is 0. The Morgan fingerprint density at radius 2 is 1.08 bits per heavy atom. The molecule has 24 heavy (non-hydrogen) atoms. The van der Waals surface area contributed by atoms with Crippen molar-refractivity contribution in [2.24, 2.45) is 0 Å². The predicted octanol–water partition coefficient (Wildman–Crippen LogP) is 3.87. The fraction of sp³-hybridized carbons (Fsp3) is 0. The number of halogens is 1. The SMILES string of the molecule is Nc1ccc(N(c2ccc(F)cc2)c2ccc(N)c(O)c2)cc1O. The fourth-order valence-electron chi connectivity index (χ4n) is 2.38. The van der Waals surface area contributed by atoms with Crippen molar-refractivity contribution in [3.63, 3.8) is 0 Å². The number of anilines is 5. The maximum atomic E-state index is 13.3. The quantitative estimate of drug-likeness (QED) is 0.433. The van der Waals surface area contributed by atoms with Crippen LogP contribution in [0.4, 0.5) is 32.8 Å². The molecule has 122 valence electrons. The lowest BCUT2D eigenvalue weighted by Gasteiger charge is -2.26. The molecule has 0 unspecified atom stereocenters. The lowest BCUT2D eigenvalue weighted by atomic mass is 10.1. The van der Waals surface area contributed by atoms with Crippen LogP contribution in [0.2, 0.25) is 0 Å². The van der Waals surface area contributed by atoms with Crippen molar-refractivity contribution in [2.75, 3.05) is 16.4 Å². The molecule has 6 N–H and O–H groups in total. The van der Waals surface area contributed by atoms with Crippen molar-refractivity contribution in [3.05, 3.63) is 66.5 Å². The molecule has 0 saturated carbocycles. The van der Waals surface area contributed by atoms with Crippen molar-refractivity contribution in [2.45, 2.75) is 0 Å². The van der Waals surface area contributed by atoms with E-state index in [1.54, 1.807) is 41.3 Å². The van der Waals surface area contributed by atoms with Crippen LogP contribution in [0.15, 0.2) is 60.7 Å². The second-order valence-corrected chi connectivity index (χ2v) is 5.30. The second-order valence-electron chi connectivity index (χ2n) is 5.30. The summed E-state index contributed by atoms with van der Waals surface area (Å²) in [5, 5.41) is 19.8. The summed E-state index contributed by atoms with van der Waals surface area (Å²) in [6, 6.07) is 15.4. The van der Waals surface area contributed by atoms with Crippen molar-refractivity contribution in [1.29, 1.82) is 0 Å². The first-order valence-corrected chi connectivity index (χ1v) is 7.18. The Morgan fingerprint density at radius 1 is 0.667 bits per heavy atom. The van der Waals surface area contributed by atoms with Gasteiger partial charge in [-0.3, -0.25) is 0 Å². The van der Waals surface area contributed by atoms with E-state index in [-0.39, 0.29) is 28.7 Å². The van der Waals surface area contributed by atoms with Gasteiger partial charge in [-0.2, -0.15) is 0 Å². The van der Waals surface area contributed by atoms with Crippen LogP contribution >= 0.6 is 0 Å². The number of rotatable bonds is 3. The summed E-state index contributed by atoms with van der Waals surface area (Å²) in [5.41, 5.74) is 13.6. The molecule has 0 fully saturated rings. The normalized spacial score (nSPS) is 10.5. The summed E-state index contributed by atoms with van der Waals surface area (Å²) in [7, 11) is 0. The first kappa shape index (κ1) is 15.5. The number of phenolic OH excluding ortho intramolecular Hbond substituents is 2. The summed E-state index contributed by atoms with van der Waals surface area (Å²) >= 11 is 0. The average Bonchev–Trinajstić information content (AvgIpc) is 2.56. The van der Waals surface area contributed by atoms with Crippen LogP contribution in [-0.4, -0.2) is 10.2 Å². The first-order valence-electron chi connectivity index (χ1n) is 7.18. The molecule has 0 radical (unpaired) electrons. The minimum absolute atomic E-state index is 0.0701. The zero-order chi connectivity index (χ0) is 17.3. The van der Waals surface area contributed by atoms with Crippen molar-refractivity contribution in [1.82, 2.24) is 0 Å². The monoisotopic (exact) mass is 325 g/mol. The molecule has 0 aliphatic carbocycles. The highest BCUT2D eigenvalue weighted by molar-refractivity contribution is 5.80. The topological polar surface area (TPSA) is 95.7 Å². The number of nitrogens with zero attached hydrogens (tertiary/aromatic N) is 1. The number of hydrogen-bond acceptors (Lipinski definition) is 5. The van der Waals surface area contributed by atoms with Gasteiger partial charge < -0.3 is 26.6 Å². The van der Waals surface area contributed by atoms with Crippen LogP contribution in [0.25, 0.3) is 0 Å². The molecule has 3 rings (SSSR count). The Balaban J connectivity index is 2.17. The Labute approximate surface area is 138 Å². The highest BCUT2D eigenvalue weighted by atomic mass is 19.1. The number of nitrogens with two attached hydrogens (primary N) is 2. The minimum Gasteiger partial charge on any atom is -0.506 e. The van der Waals surface area contributed by atoms with E-state index in [1.165, 1.54) is 24.3 Å². The van der Waals surface area contributed by atoms with E-state index in [9.17, 15) is 14.6 Å². The second kappa shape index (κ2) is 6.00. The average molecular weight is 325 g/mol. The van der Waals surface area contributed by atoms with Crippen molar-refractivity contribution < 1.29 is 14.6 Å². The van der Waals surface area contributed by atoms with Gasteiger partial charge in [0.2, 0.25) is 0 Å². The van der Waals surface area contributed by atoms with Crippen molar-refractivity contribution in [3.8, 4) is 11.5 Å². The van der Waals surface area contributed by atoms with E-state index in [0.717, 1.165) is 0 Å². The molecule has 0 amide bonds. The molecule has 0 atom stereocenters. The molecule has 0 heterocycles. The standard InChI is InChI=1S/C18H16FN3O2/c19-11-1-3-12(4-2-11)22(13-5-7-15(20)17(23)9-13)14-6-8-16(21)18(24)10-14/h1-10,23-24H,20-21H2. The number of hydrogen-bond donors (Lipinski definition) is 4. The van der Waals surface area contributed by atoms with E-state index >= 15 is 0 Å². The van der Waals surface area contributed by atoms with Gasteiger partial charge in [-0.05, 0) is 48.5 Å². The van der Waals surface area contributed by atoms with Gasteiger partial charge in [0, 0.05) is 29.2 Å².